The Bertz CT molecular complexity index is 1170. The molecule has 1 atom stereocenters. The first-order valence-corrected chi connectivity index (χ1v) is 10.8. The van der Waals surface area contributed by atoms with Gasteiger partial charge in [0, 0.05) is 16.9 Å². The molecule has 1 aliphatic heterocycles. The number of anilines is 1. The van der Waals surface area contributed by atoms with Crippen LogP contribution in [0.25, 0.3) is 0 Å². The van der Waals surface area contributed by atoms with Crippen molar-refractivity contribution in [3.63, 3.8) is 0 Å². The first-order valence-electron chi connectivity index (χ1n) is 9.80. The Morgan fingerprint density at radius 3 is 2.53 bits per heavy atom. The molecular formula is C24H22FN3O3S. The number of carbonyl (C=O) groups excluding carboxylic acids is 2. The number of nitrogens with zero attached hydrogens (tertiary/aromatic N) is 1. The third kappa shape index (κ3) is 4.84. The molecule has 0 radical (unpaired) electrons. The van der Waals surface area contributed by atoms with Gasteiger partial charge >= 0.3 is 5.97 Å². The summed E-state index contributed by atoms with van der Waals surface area (Å²) in [6, 6.07) is 15.5. The Morgan fingerprint density at radius 1 is 1.19 bits per heavy atom. The maximum Gasteiger partial charge on any atom is 0.336 e. The van der Waals surface area contributed by atoms with Crippen molar-refractivity contribution >= 4 is 29.3 Å². The maximum atomic E-state index is 14.7. The van der Waals surface area contributed by atoms with Crippen molar-refractivity contribution in [2.45, 2.75) is 19.8 Å². The van der Waals surface area contributed by atoms with Gasteiger partial charge < -0.3 is 15.4 Å². The molecule has 164 valence electrons. The number of hydrogen-bond acceptors (Lipinski definition) is 6. The fourth-order valence-corrected chi connectivity index (χ4v) is 4.36. The van der Waals surface area contributed by atoms with E-state index >= 15 is 0 Å². The number of benzene rings is 2. The zero-order chi connectivity index (χ0) is 23.3. The lowest BCUT2D eigenvalue weighted by Crippen LogP contribution is -2.29. The second kappa shape index (κ2) is 10.2. The van der Waals surface area contributed by atoms with Gasteiger partial charge in [-0.3, -0.25) is 4.79 Å². The predicted molar refractivity (Wildman–Crippen MR) is 122 cm³/mol. The minimum Gasteiger partial charge on any atom is -0.466 e. The molecule has 6 nitrogen and oxygen atoms in total. The van der Waals surface area contributed by atoms with Gasteiger partial charge in [-0.05, 0) is 31.5 Å². The van der Waals surface area contributed by atoms with Crippen LogP contribution in [0.5, 0.6) is 0 Å². The molecule has 0 aliphatic carbocycles. The number of aryl methyl sites for hydroxylation is 1. The quantitative estimate of drug-likeness (QED) is 0.634. The van der Waals surface area contributed by atoms with Crippen molar-refractivity contribution in [1.29, 1.82) is 5.26 Å². The van der Waals surface area contributed by atoms with Crippen molar-refractivity contribution in [2.24, 2.45) is 0 Å². The van der Waals surface area contributed by atoms with Gasteiger partial charge in [0.15, 0.2) is 0 Å². The summed E-state index contributed by atoms with van der Waals surface area (Å²) in [7, 11) is 1.23. The van der Waals surface area contributed by atoms with E-state index in [1.807, 2.05) is 25.1 Å². The van der Waals surface area contributed by atoms with E-state index in [0.717, 1.165) is 17.3 Å². The van der Waals surface area contributed by atoms with Gasteiger partial charge in [-0.15, -0.1) is 0 Å². The number of halogens is 1. The summed E-state index contributed by atoms with van der Waals surface area (Å²) in [5.74, 6) is -2.37. The highest BCUT2D eigenvalue weighted by Gasteiger charge is 2.36. The van der Waals surface area contributed by atoms with E-state index in [1.165, 1.54) is 25.3 Å². The lowest BCUT2D eigenvalue weighted by Gasteiger charge is -2.29. The summed E-state index contributed by atoms with van der Waals surface area (Å²) in [5.41, 5.74) is 2.56. The monoisotopic (exact) mass is 451 g/mol. The molecule has 32 heavy (non-hydrogen) atoms. The molecule has 0 bridgehead atoms. The molecule has 1 heterocycles. The minimum absolute atomic E-state index is 0.0205. The molecule has 0 saturated carbocycles. The van der Waals surface area contributed by atoms with E-state index in [4.69, 9.17) is 4.74 Å². The fourth-order valence-electron chi connectivity index (χ4n) is 3.46. The summed E-state index contributed by atoms with van der Waals surface area (Å²) in [4.78, 5) is 25.0. The van der Waals surface area contributed by atoms with Crippen LogP contribution in [0.1, 0.15) is 24.0 Å². The topological polar surface area (TPSA) is 91.2 Å². The molecule has 0 aromatic heterocycles. The van der Waals surface area contributed by atoms with E-state index in [0.29, 0.717) is 16.4 Å². The number of ether oxygens (including phenoxy) is 1. The molecule has 1 amide bonds. The van der Waals surface area contributed by atoms with Crippen molar-refractivity contribution < 1.29 is 18.7 Å². The Labute approximate surface area is 190 Å². The number of methoxy groups -OCH3 is 1. The molecule has 0 saturated heterocycles. The third-order valence-corrected chi connectivity index (χ3v) is 6.05. The third-order valence-electron chi connectivity index (χ3n) is 5.04. The number of carbonyl (C=O) groups is 2. The Morgan fingerprint density at radius 2 is 1.88 bits per heavy atom. The molecule has 0 unspecified atom stereocenters. The number of esters is 1. The average Bonchev–Trinajstić information content (AvgIpc) is 2.78. The number of dihydropyridines is 1. The van der Waals surface area contributed by atoms with Crippen molar-refractivity contribution in [3.8, 4) is 6.07 Å². The van der Waals surface area contributed by atoms with Crippen LogP contribution < -0.4 is 10.6 Å². The normalized spacial score (nSPS) is 15.7. The van der Waals surface area contributed by atoms with Crippen LogP contribution in [0.3, 0.4) is 0 Å². The highest BCUT2D eigenvalue weighted by atomic mass is 32.2. The number of amides is 1. The number of nitrogens with one attached hydrogen (secondary N) is 2. The standard InChI is InChI=1S/C24H22FN3O3S/c1-14-8-4-7-11-19(14)28-20(29)13-32-23-17(12-26)22(16-9-5-6-10-18(16)25)21(15(2)27-23)24(30)31-3/h4-11,22,27H,13H2,1-3H3,(H,28,29)/t22-/m0/s1. The van der Waals surface area contributed by atoms with Crippen molar-refractivity contribution in [3.05, 3.63) is 87.3 Å². The van der Waals surface area contributed by atoms with Crippen molar-refractivity contribution in [1.82, 2.24) is 5.32 Å². The number of thioether (sulfide) groups is 1. The SMILES string of the molecule is COC(=O)C1=C(C)NC(SCC(=O)Nc2ccccc2C)=C(C#N)[C@@H]1c1ccccc1F. The molecule has 2 aromatic rings. The van der Waals surface area contributed by atoms with Gasteiger partial charge in [0.1, 0.15) is 5.82 Å². The molecule has 2 aromatic carbocycles. The Kier molecular flexibility index (Phi) is 7.33. The largest absolute Gasteiger partial charge is 0.466 e. The Balaban J connectivity index is 1.92. The summed E-state index contributed by atoms with van der Waals surface area (Å²) in [6.07, 6.45) is 0. The molecular weight excluding hydrogens is 429 g/mol. The van der Waals surface area contributed by atoms with E-state index in [1.54, 1.807) is 19.1 Å². The highest BCUT2D eigenvalue weighted by Crippen LogP contribution is 2.41. The number of nitriles is 1. The number of rotatable bonds is 6. The van der Waals surface area contributed by atoms with Crippen LogP contribution in [-0.4, -0.2) is 24.7 Å². The van der Waals surface area contributed by atoms with Gasteiger partial charge in [-0.2, -0.15) is 5.26 Å². The number of para-hydroxylation sites is 1. The smallest absolute Gasteiger partial charge is 0.336 e. The molecule has 0 spiro atoms. The first-order chi connectivity index (χ1) is 15.4. The zero-order valence-electron chi connectivity index (χ0n) is 17.9. The van der Waals surface area contributed by atoms with Gasteiger partial charge in [-0.25, -0.2) is 9.18 Å². The van der Waals surface area contributed by atoms with E-state index in [9.17, 15) is 19.2 Å². The summed E-state index contributed by atoms with van der Waals surface area (Å²) < 4.78 is 19.6. The van der Waals surface area contributed by atoms with E-state index < -0.39 is 17.7 Å². The van der Waals surface area contributed by atoms with Gasteiger partial charge in [0.05, 0.1) is 41.0 Å². The Hall–Kier alpha value is -3.57. The highest BCUT2D eigenvalue weighted by molar-refractivity contribution is 8.03. The number of allylic oxidation sites excluding steroid dienone is 2. The fraction of sp³-hybridized carbons (Fsp3) is 0.208. The second-order valence-corrected chi connectivity index (χ2v) is 8.10. The first kappa shape index (κ1) is 23.1. The van der Waals surface area contributed by atoms with Crippen LogP contribution >= 0.6 is 11.8 Å². The molecule has 3 rings (SSSR count). The van der Waals surface area contributed by atoms with Crippen LogP contribution in [0.15, 0.2) is 70.4 Å². The van der Waals surface area contributed by atoms with Gasteiger partial charge in [0.2, 0.25) is 5.91 Å². The number of hydrogen-bond donors (Lipinski definition) is 2. The predicted octanol–water partition coefficient (Wildman–Crippen LogP) is 4.38. The van der Waals surface area contributed by atoms with Gasteiger partial charge in [0.25, 0.3) is 0 Å². The van der Waals surface area contributed by atoms with Crippen LogP contribution in [0.2, 0.25) is 0 Å². The molecule has 0 fully saturated rings. The summed E-state index contributed by atoms with van der Waals surface area (Å²) >= 11 is 1.12. The maximum absolute atomic E-state index is 14.7. The van der Waals surface area contributed by atoms with Crippen LogP contribution in [-0.2, 0) is 14.3 Å². The zero-order valence-corrected chi connectivity index (χ0v) is 18.7. The summed E-state index contributed by atoms with van der Waals surface area (Å²) in [6.45, 7) is 3.55. The second-order valence-electron chi connectivity index (χ2n) is 7.12. The van der Waals surface area contributed by atoms with Crippen LogP contribution in [0, 0.1) is 24.1 Å². The molecule has 2 N–H and O–H groups in total. The van der Waals surface area contributed by atoms with Crippen molar-refractivity contribution in [2.75, 3.05) is 18.2 Å². The molecule has 8 heteroatoms. The van der Waals surface area contributed by atoms with E-state index in [-0.39, 0.29) is 28.4 Å². The van der Waals surface area contributed by atoms with Crippen LogP contribution in [0.4, 0.5) is 10.1 Å². The van der Waals surface area contributed by atoms with E-state index in [2.05, 4.69) is 16.7 Å². The molecule has 1 aliphatic rings. The average molecular weight is 452 g/mol. The summed E-state index contributed by atoms with van der Waals surface area (Å²) in [5, 5.41) is 16.2. The lowest BCUT2D eigenvalue weighted by atomic mass is 9.82. The minimum atomic E-state index is -0.947. The van der Waals surface area contributed by atoms with Gasteiger partial charge in [-0.1, -0.05) is 48.2 Å². The lowest BCUT2D eigenvalue weighted by molar-refractivity contribution is -0.136.